The second kappa shape index (κ2) is 7.02. The summed E-state index contributed by atoms with van der Waals surface area (Å²) in [6.07, 6.45) is 0. The quantitative estimate of drug-likeness (QED) is 0.814. The highest BCUT2D eigenvalue weighted by Crippen LogP contribution is 2.32. The molecule has 1 unspecified atom stereocenters. The molecule has 0 radical (unpaired) electrons. The van der Waals surface area contributed by atoms with E-state index in [1.54, 1.807) is 13.1 Å². The molecule has 0 amide bonds. The lowest BCUT2D eigenvalue weighted by molar-refractivity contribution is 0.353. The Morgan fingerprint density at radius 3 is 2.13 bits per heavy atom. The Balaban J connectivity index is 2.38. The second-order valence-electron chi connectivity index (χ2n) is 5.12. The van der Waals surface area contributed by atoms with E-state index in [2.05, 4.69) is 0 Å². The molecule has 0 saturated heterocycles. The van der Waals surface area contributed by atoms with Crippen molar-refractivity contribution in [2.24, 2.45) is 0 Å². The van der Waals surface area contributed by atoms with Gasteiger partial charge in [0.05, 0.1) is 19.1 Å². The van der Waals surface area contributed by atoms with Crippen molar-refractivity contribution >= 4 is 10.0 Å². The van der Waals surface area contributed by atoms with E-state index in [9.17, 15) is 8.42 Å². The number of rotatable bonds is 6. The fourth-order valence-electron chi connectivity index (χ4n) is 2.29. The normalized spacial score (nSPS) is 12.9. The molecule has 0 aliphatic carbocycles. The maximum absolute atomic E-state index is 12.8. The van der Waals surface area contributed by atoms with Crippen molar-refractivity contribution in [2.75, 3.05) is 21.3 Å². The van der Waals surface area contributed by atoms with Crippen molar-refractivity contribution in [1.82, 2.24) is 4.31 Å². The summed E-state index contributed by atoms with van der Waals surface area (Å²) in [5.74, 6) is 0.875. The van der Waals surface area contributed by atoms with Gasteiger partial charge < -0.3 is 9.47 Å². The van der Waals surface area contributed by atoms with Gasteiger partial charge in [-0.05, 0) is 24.6 Å². The predicted molar refractivity (Wildman–Crippen MR) is 89.4 cm³/mol. The fourth-order valence-corrected chi connectivity index (χ4v) is 3.66. The molecule has 5 nitrogen and oxygen atoms in total. The molecule has 0 heterocycles. The number of methoxy groups -OCH3 is 2. The molecule has 2 aromatic carbocycles. The number of hydrogen-bond donors (Lipinski definition) is 0. The van der Waals surface area contributed by atoms with Crippen LogP contribution >= 0.6 is 0 Å². The minimum absolute atomic E-state index is 0.167. The smallest absolute Gasteiger partial charge is 0.243 e. The molecule has 23 heavy (non-hydrogen) atoms. The lowest BCUT2D eigenvalue weighted by Gasteiger charge is -2.25. The molecule has 0 aliphatic rings. The van der Waals surface area contributed by atoms with Gasteiger partial charge in [0.2, 0.25) is 10.0 Å². The highest BCUT2D eigenvalue weighted by Gasteiger charge is 2.27. The first kappa shape index (κ1) is 17.3. The fraction of sp³-hybridized carbons (Fsp3) is 0.294. The van der Waals surface area contributed by atoms with Gasteiger partial charge in [-0.1, -0.05) is 30.3 Å². The Hall–Kier alpha value is -2.05. The van der Waals surface area contributed by atoms with Crippen molar-refractivity contribution in [1.29, 1.82) is 0 Å². The van der Waals surface area contributed by atoms with Gasteiger partial charge in [-0.25, -0.2) is 8.42 Å². The summed E-state index contributed by atoms with van der Waals surface area (Å²) in [6, 6.07) is 13.8. The Labute approximate surface area is 137 Å². The zero-order valence-corrected chi connectivity index (χ0v) is 14.5. The Morgan fingerprint density at radius 1 is 0.957 bits per heavy atom. The molecule has 1 atom stereocenters. The summed E-state index contributed by atoms with van der Waals surface area (Å²) in [4.78, 5) is 0.167. The summed E-state index contributed by atoms with van der Waals surface area (Å²) in [5.41, 5.74) is 0.930. The molecule has 0 aliphatic heterocycles. The maximum Gasteiger partial charge on any atom is 0.243 e. The largest absolute Gasteiger partial charge is 0.493 e. The molecule has 0 aromatic heterocycles. The van der Waals surface area contributed by atoms with Crippen LogP contribution in [0.5, 0.6) is 11.5 Å². The van der Waals surface area contributed by atoms with Crippen LogP contribution in [-0.2, 0) is 10.0 Å². The summed E-state index contributed by atoms with van der Waals surface area (Å²) in [7, 11) is 0.913. The molecule has 0 saturated carbocycles. The Morgan fingerprint density at radius 2 is 1.57 bits per heavy atom. The van der Waals surface area contributed by atoms with Crippen LogP contribution in [-0.4, -0.2) is 34.0 Å². The minimum atomic E-state index is -3.65. The molecular weight excluding hydrogens is 314 g/mol. The minimum Gasteiger partial charge on any atom is -0.493 e. The summed E-state index contributed by atoms with van der Waals surface area (Å²) in [5, 5.41) is 0. The van der Waals surface area contributed by atoms with E-state index in [0.717, 1.165) is 5.56 Å². The molecule has 0 bridgehead atoms. The number of nitrogens with zero attached hydrogens (tertiary/aromatic N) is 1. The van der Waals surface area contributed by atoms with Crippen molar-refractivity contribution in [3.63, 3.8) is 0 Å². The predicted octanol–water partition coefficient (Wildman–Crippen LogP) is 3.09. The van der Waals surface area contributed by atoms with E-state index < -0.39 is 10.0 Å². The molecule has 6 heteroatoms. The number of sulfonamides is 1. The average molecular weight is 335 g/mol. The van der Waals surface area contributed by atoms with E-state index in [1.807, 2.05) is 37.3 Å². The zero-order chi connectivity index (χ0) is 17.0. The number of hydrogen-bond acceptors (Lipinski definition) is 4. The van der Waals surface area contributed by atoms with E-state index in [4.69, 9.17) is 9.47 Å². The van der Waals surface area contributed by atoms with Crippen LogP contribution < -0.4 is 9.47 Å². The first-order valence-electron chi connectivity index (χ1n) is 7.16. The van der Waals surface area contributed by atoms with E-state index in [-0.39, 0.29) is 10.9 Å². The van der Waals surface area contributed by atoms with E-state index >= 15 is 0 Å². The first-order chi connectivity index (χ1) is 10.9. The highest BCUT2D eigenvalue weighted by atomic mass is 32.2. The van der Waals surface area contributed by atoms with Crippen LogP contribution in [0, 0.1) is 0 Å². The van der Waals surface area contributed by atoms with E-state index in [1.165, 1.54) is 30.7 Å². The van der Waals surface area contributed by atoms with Crippen LogP contribution in [0.15, 0.2) is 53.4 Å². The number of ether oxygens (including phenoxy) is 2. The molecule has 0 fully saturated rings. The van der Waals surface area contributed by atoms with E-state index in [0.29, 0.717) is 11.5 Å². The van der Waals surface area contributed by atoms with Crippen LogP contribution in [0.3, 0.4) is 0 Å². The van der Waals surface area contributed by atoms with Crippen LogP contribution in [0.2, 0.25) is 0 Å². The third-order valence-corrected chi connectivity index (χ3v) is 5.78. The third kappa shape index (κ3) is 3.48. The van der Waals surface area contributed by atoms with Gasteiger partial charge in [-0.3, -0.25) is 0 Å². The van der Waals surface area contributed by atoms with Crippen molar-refractivity contribution in [3.8, 4) is 11.5 Å². The zero-order valence-electron chi connectivity index (χ0n) is 13.7. The van der Waals surface area contributed by atoms with Gasteiger partial charge in [-0.15, -0.1) is 0 Å². The molecule has 0 spiro atoms. The third-order valence-electron chi connectivity index (χ3n) is 3.86. The van der Waals surface area contributed by atoms with Crippen molar-refractivity contribution in [2.45, 2.75) is 17.9 Å². The summed E-state index contributed by atoms with van der Waals surface area (Å²) < 4.78 is 37.4. The summed E-state index contributed by atoms with van der Waals surface area (Å²) in [6.45, 7) is 1.85. The van der Waals surface area contributed by atoms with Gasteiger partial charge in [0.1, 0.15) is 0 Å². The molecule has 2 aromatic rings. The highest BCUT2D eigenvalue weighted by molar-refractivity contribution is 7.89. The van der Waals surface area contributed by atoms with Crippen LogP contribution in [0.25, 0.3) is 0 Å². The second-order valence-corrected chi connectivity index (χ2v) is 7.12. The molecule has 0 N–H and O–H groups in total. The van der Waals surface area contributed by atoms with Gasteiger partial charge in [0.15, 0.2) is 11.5 Å². The van der Waals surface area contributed by atoms with Gasteiger partial charge in [0.25, 0.3) is 0 Å². The van der Waals surface area contributed by atoms with Crippen molar-refractivity contribution in [3.05, 3.63) is 54.1 Å². The lowest BCUT2D eigenvalue weighted by atomic mass is 10.1. The monoisotopic (exact) mass is 335 g/mol. The van der Waals surface area contributed by atoms with Crippen LogP contribution in [0.1, 0.15) is 18.5 Å². The summed E-state index contributed by atoms with van der Waals surface area (Å²) >= 11 is 0. The average Bonchev–Trinajstić information content (AvgIpc) is 2.60. The molecular formula is C17H21NO4S. The standard InChI is InChI=1S/C17H21NO4S/c1-13(14-8-6-5-7-9-14)18(2)23(19,20)15-10-11-16(21-3)17(12-15)22-4/h5-13H,1-4H3. The lowest BCUT2D eigenvalue weighted by Crippen LogP contribution is -2.29. The Kier molecular flexibility index (Phi) is 5.28. The number of benzene rings is 2. The SMILES string of the molecule is COc1ccc(S(=O)(=O)N(C)C(C)c2ccccc2)cc1OC. The Bertz CT molecular complexity index is 759. The van der Waals surface area contributed by atoms with Gasteiger partial charge in [-0.2, -0.15) is 4.31 Å². The maximum atomic E-state index is 12.8. The molecule has 2 rings (SSSR count). The topological polar surface area (TPSA) is 55.8 Å². The van der Waals surface area contributed by atoms with Gasteiger partial charge >= 0.3 is 0 Å². The van der Waals surface area contributed by atoms with Gasteiger partial charge in [0, 0.05) is 19.2 Å². The molecule has 124 valence electrons. The van der Waals surface area contributed by atoms with Crippen LogP contribution in [0.4, 0.5) is 0 Å². The first-order valence-corrected chi connectivity index (χ1v) is 8.60. The van der Waals surface area contributed by atoms with Crippen molar-refractivity contribution < 1.29 is 17.9 Å².